The van der Waals surface area contributed by atoms with Crippen LogP contribution in [0.3, 0.4) is 0 Å². The van der Waals surface area contributed by atoms with Crippen LogP contribution in [0.2, 0.25) is 0 Å². The molecule has 0 aromatic carbocycles. The zero-order valence-electron chi connectivity index (χ0n) is 8.30. The molecule has 0 heterocycles. The molecule has 2 N–H and O–H groups in total. The van der Waals surface area contributed by atoms with Gasteiger partial charge in [0.15, 0.2) is 0 Å². The van der Waals surface area contributed by atoms with Gasteiger partial charge in [-0.2, -0.15) is 0 Å². The molecule has 1 aliphatic carbocycles. The molecule has 0 atom stereocenters. The first kappa shape index (κ1) is 13.2. The summed E-state index contributed by atoms with van der Waals surface area (Å²) in [6.45, 7) is 2.43. The highest BCUT2D eigenvalue weighted by Crippen LogP contribution is 2.26. The summed E-state index contributed by atoms with van der Waals surface area (Å²) in [5.74, 6) is 0.992. The van der Waals surface area contributed by atoms with Gasteiger partial charge in [-0.1, -0.05) is 25.7 Å². The summed E-state index contributed by atoms with van der Waals surface area (Å²) in [5.41, 5.74) is 0. The number of nitrogens with one attached hydrogen (secondary N) is 1. The van der Waals surface area contributed by atoms with Gasteiger partial charge in [0.25, 0.3) is 0 Å². The predicted molar refractivity (Wildman–Crippen MR) is 58.4 cm³/mol. The number of hydrogen-bond donors (Lipinski definition) is 2. The average molecular weight is 208 g/mol. The molecule has 1 aliphatic rings. The van der Waals surface area contributed by atoms with Crippen molar-refractivity contribution in [3.8, 4) is 0 Å². The lowest BCUT2D eigenvalue weighted by atomic mass is 10.0. The molecule has 1 saturated carbocycles. The van der Waals surface area contributed by atoms with Crippen molar-refractivity contribution in [3.63, 3.8) is 0 Å². The molecular weight excluding hydrogens is 186 g/mol. The highest BCUT2D eigenvalue weighted by atomic mass is 35.5. The Morgan fingerprint density at radius 1 is 1.15 bits per heavy atom. The van der Waals surface area contributed by atoms with E-state index in [4.69, 9.17) is 5.11 Å². The van der Waals surface area contributed by atoms with Gasteiger partial charge in [0.2, 0.25) is 0 Å². The Labute approximate surface area is 87.5 Å². The van der Waals surface area contributed by atoms with Crippen LogP contribution in [-0.4, -0.2) is 24.8 Å². The van der Waals surface area contributed by atoms with Gasteiger partial charge in [0.05, 0.1) is 0 Å². The molecule has 13 heavy (non-hydrogen) atoms. The Balaban J connectivity index is 0.00000144. The van der Waals surface area contributed by atoms with Gasteiger partial charge in [-0.3, -0.25) is 0 Å². The average Bonchev–Trinajstić information content (AvgIpc) is 2.57. The predicted octanol–water partition coefficient (Wildman–Crippen LogP) is 1.96. The third-order valence-corrected chi connectivity index (χ3v) is 2.72. The van der Waals surface area contributed by atoms with Gasteiger partial charge in [0, 0.05) is 6.61 Å². The van der Waals surface area contributed by atoms with Crippen LogP contribution in [0.25, 0.3) is 0 Å². The minimum absolute atomic E-state index is 0. The van der Waals surface area contributed by atoms with Gasteiger partial charge >= 0.3 is 0 Å². The van der Waals surface area contributed by atoms with E-state index < -0.39 is 0 Å². The van der Waals surface area contributed by atoms with Crippen LogP contribution in [0.15, 0.2) is 0 Å². The van der Waals surface area contributed by atoms with Crippen molar-refractivity contribution in [1.29, 1.82) is 0 Å². The quantitative estimate of drug-likeness (QED) is 0.653. The second kappa shape index (κ2) is 8.79. The van der Waals surface area contributed by atoms with Crippen LogP contribution in [0.4, 0.5) is 0 Å². The number of halogens is 1. The van der Waals surface area contributed by atoms with Gasteiger partial charge in [-0.15, -0.1) is 12.4 Å². The topological polar surface area (TPSA) is 32.3 Å². The van der Waals surface area contributed by atoms with E-state index in [0.29, 0.717) is 6.61 Å². The largest absolute Gasteiger partial charge is 0.396 e. The molecule has 0 unspecified atom stereocenters. The third-order valence-electron chi connectivity index (χ3n) is 2.72. The summed E-state index contributed by atoms with van der Waals surface area (Å²) in [4.78, 5) is 0. The van der Waals surface area contributed by atoms with Crippen molar-refractivity contribution in [2.45, 2.75) is 38.5 Å². The van der Waals surface area contributed by atoms with Crippen LogP contribution < -0.4 is 5.32 Å². The van der Waals surface area contributed by atoms with Crippen LogP contribution in [0, 0.1) is 5.92 Å². The van der Waals surface area contributed by atoms with Crippen LogP contribution in [0.1, 0.15) is 38.5 Å². The van der Waals surface area contributed by atoms with Crippen molar-refractivity contribution in [2.24, 2.45) is 5.92 Å². The van der Waals surface area contributed by atoms with Crippen molar-refractivity contribution in [3.05, 3.63) is 0 Å². The van der Waals surface area contributed by atoms with E-state index in [1.54, 1.807) is 0 Å². The smallest absolute Gasteiger partial charge is 0.0443 e. The molecule has 3 heteroatoms. The van der Waals surface area contributed by atoms with E-state index >= 15 is 0 Å². The molecule has 0 aromatic heterocycles. The van der Waals surface area contributed by atoms with Crippen LogP contribution in [-0.2, 0) is 0 Å². The Hall–Kier alpha value is 0.210. The van der Waals surface area contributed by atoms with Gasteiger partial charge in [0.1, 0.15) is 0 Å². The molecule has 0 spiro atoms. The van der Waals surface area contributed by atoms with E-state index in [2.05, 4.69) is 5.32 Å². The van der Waals surface area contributed by atoms with Crippen molar-refractivity contribution >= 4 is 12.4 Å². The Morgan fingerprint density at radius 3 is 2.46 bits per heavy atom. The van der Waals surface area contributed by atoms with Crippen molar-refractivity contribution in [2.75, 3.05) is 19.7 Å². The number of aliphatic hydroxyl groups excluding tert-OH is 1. The molecule has 2 nitrogen and oxygen atoms in total. The summed E-state index contributed by atoms with van der Waals surface area (Å²) >= 11 is 0. The lowest BCUT2D eigenvalue weighted by Crippen LogP contribution is -2.19. The van der Waals surface area contributed by atoms with Crippen LogP contribution in [0.5, 0.6) is 0 Å². The Bertz CT molecular complexity index is 105. The SMILES string of the molecule is Cl.OCCCNCCC1CCCC1. The van der Waals surface area contributed by atoms with E-state index in [-0.39, 0.29) is 12.4 Å². The molecule has 0 aliphatic heterocycles. The molecule has 0 saturated heterocycles. The third kappa shape index (κ3) is 6.30. The fourth-order valence-corrected chi connectivity index (χ4v) is 1.93. The minimum atomic E-state index is 0. The Morgan fingerprint density at radius 2 is 1.85 bits per heavy atom. The Kier molecular flexibility index (Phi) is 8.93. The molecule has 0 amide bonds. The first-order valence-electron chi connectivity index (χ1n) is 5.25. The summed E-state index contributed by atoms with van der Waals surface area (Å²) < 4.78 is 0. The fraction of sp³-hybridized carbons (Fsp3) is 1.00. The lowest BCUT2D eigenvalue weighted by Gasteiger charge is -2.08. The van der Waals surface area contributed by atoms with E-state index in [1.165, 1.54) is 32.1 Å². The number of rotatable bonds is 6. The minimum Gasteiger partial charge on any atom is -0.396 e. The molecular formula is C10H22ClNO. The summed E-state index contributed by atoms with van der Waals surface area (Å²) in [6, 6.07) is 0. The lowest BCUT2D eigenvalue weighted by molar-refractivity contribution is 0.285. The second-order valence-electron chi connectivity index (χ2n) is 3.77. The maximum atomic E-state index is 8.54. The highest BCUT2D eigenvalue weighted by Gasteiger charge is 2.13. The molecule has 80 valence electrons. The van der Waals surface area contributed by atoms with E-state index in [0.717, 1.165) is 25.4 Å². The van der Waals surface area contributed by atoms with Gasteiger partial charge in [-0.05, 0) is 31.8 Å². The van der Waals surface area contributed by atoms with E-state index in [1.807, 2.05) is 0 Å². The van der Waals surface area contributed by atoms with Gasteiger partial charge < -0.3 is 10.4 Å². The first-order chi connectivity index (χ1) is 5.93. The first-order valence-corrected chi connectivity index (χ1v) is 5.25. The zero-order valence-corrected chi connectivity index (χ0v) is 9.11. The molecule has 0 radical (unpaired) electrons. The second-order valence-corrected chi connectivity index (χ2v) is 3.77. The zero-order chi connectivity index (χ0) is 8.65. The maximum absolute atomic E-state index is 8.54. The normalized spacial score (nSPS) is 17.3. The van der Waals surface area contributed by atoms with Crippen LogP contribution >= 0.6 is 12.4 Å². The monoisotopic (exact) mass is 207 g/mol. The molecule has 1 rings (SSSR count). The summed E-state index contributed by atoms with van der Waals surface area (Å²) in [7, 11) is 0. The van der Waals surface area contributed by atoms with Crippen molar-refractivity contribution in [1.82, 2.24) is 5.32 Å². The van der Waals surface area contributed by atoms with Crippen molar-refractivity contribution < 1.29 is 5.11 Å². The summed E-state index contributed by atoms with van der Waals surface area (Å²) in [5, 5.41) is 11.9. The molecule has 0 aromatic rings. The number of aliphatic hydroxyl groups is 1. The standard InChI is InChI=1S/C10H21NO.ClH/c12-9-3-7-11-8-6-10-4-1-2-5-10;/h10-12H,1-9H2;1H. The summed E-state index contributed by atoms with van der Waals surface area (Å²) in [6.07, 6.45) is 8.02. The highest BCUT2D eigenvalue weighted by molar-refractivity contribution is 5.85. The number of hydrogen-bond acceptors (Lipinski definition) is 2. The fourth-order valence-electron chi connectivity index (χ4n) is 1.93. The van der Waals surface area contributed by atoms with Gasteiger partial charge in [-0.25, -0.2) is 0 Å². The molecule has 1 fully saturated rings. The molecule has 0 bridgehead atoms. The maximum Gasteiger partial charge on any atom is 0.0443 e. The van der Waals surface area contributed by atoms with E-state index in [9.17, 15) is 0 Å².